The van der Waals surface area contributed by atoms with E-state index in [9.17, 15) is 4.79 Å². The zero-order valence-electron chi connectivity index (χ0n) is 16.5. The van der Waals surface area contributed by atoms with Gasteiger partial charge >= 0.3 is 6.09 Å². The quantitative estimate of drug-likeness (QED) is 0.459. The first kappa shape index (κ1) is 21.5. The Labute approximate surface area is 152 Å². The van der Waals surface area contributed by atoms with Crippen LogP contribution in [0.3, 0.4) is 0 Å². The summed E-state index contributed by atoms with van der Waals surface area (Å²) in [6, 6.07) is -0.0435. The zero-order chi connectivity index (χ0) is 18.7. The second-order valence-corrected chi connectivity index (χ2v) is 7.37. The molecule has 2 unspecified atom stereocenters. The van der Waals surface area contributed by atoms with E-state index < -0.39 is 11.7 Å². The number of carbonyl (C=O) groups is 1. The summed E-state index contributed by atoms with van der Waals surface area (Å²) in [4.78, 5) is 16.6. The van der Waals surface area contributed by atoms with Crippen molar-refractivity contribution in [1.82, 2.24) is 16.0 Å². The topological polar surface area (TPSA) is 84.0 Å². The SMILES string of the molecule is CCCC(CN=C(NCC)NCC1CCCO1)NC(=O)OC(C)(C)C. The van der Waals surface area contributed by atoms with Gasteiger partial charge in [-0.15, -0.1) is 0 Å². The predicted octanol–water partition coefficient (Wildman–Crippen LogP) is 2.41. The molecule has 0 radical (unpaired) electrons. The molecule has 0 aromatic carbocycles. The molecule has 146 valence electrons. The maximum atomic E-state index is 12.0. The monoisotopic (exact) mass is 356 g/mol. The van der Waals surface area contributed by atoms with E-state index in [4.69, 9.17) is 9.47 Å². The van der Waals surface area contributed by atoms with Crippen molar-refractivity contribution >= 4 is 12.1 Å². The van der Waals surface area contributed by atoms with Gasteiger partial charge in [-0.25, -0.2) is 4.79 Å². The van der Waals surface area contributed by atoms with E-state index in [-0.39, 0.29) is 12.1 Å². The lowest BCUT2D eigenvalue weighted by Gasteiger charge is -2.23. The zero-order valence-corrected chi connectivity index (χ0v) is 16.5. The molecule has 1 aliphatic rings. The minimum absolute atomic E-state index is 0.0435. The largest absolute Gasteiger partial charge is 0.444 e. The van der Waals surface area contributed by atoms with Crippen LogP contribution in [0.1, 0.15) is 60.3 Å². The number of ether oxygens (including phenoxy) is 2. The number of aliphatic imine (C=N–C) groups is 1. The van der Waals surface area contributed by atoms with Gasteiger partial charge in [-0.05, 0) is 47.0 Å². The normalized spacial score (nSPS) is 19.4. The van der Waals surface area contributed by atoms with Crippen LogP contribution in [0.2, 0.25) is 0 Å². The molecule has 1 amide bonds. The van der Waals surface area contributed by atoms with Crippen LogP contribution in [-0.2, 0) is 9.47 Å². The Morgan fingerprint density at radius 2 is 2.08 bits per heavy atom. The van der Waals surface area contributed by atoms with Crippen LogP contribution in [0.25, 0.3) is 0 Å². The number of rotatable bonds is 8. The first-order chi connectivity index (χ1) is 11.8. The molecule has 1 heterocycles. The van der Waals surface area contributed by atoms with Crippen molar-refractivity contribution in [2.45, 2.75) is 78.0 Å². The Morgan fingerprint density at radius 3 is 2.64 bits per heavy atom. The Bertz CT molecular complexity index is 415. The number of guanidine groups is 1. The van der Waals surface area contributed by atoms with Gasteiger partial charge in [-0.2, -0.15) is 0 Å². The number of nitrogens with zero attached hydrogens (tertiary/aromatic N) is 1. The Balaban J connectivity index is 2.52. The molecule has 0 saturated carbocycles. The molecule has 1 fully saturated rings. The van der Waals surface area contributed by atoms with E-state index in [0.717, 1.165) is 51.3 Å². The van der Waals surface area contributed by atoms with Crippen molar-refractivity contribution in [2.24, 2.45) is 4.99 Å². The van der Waals surface area contributed by atoms with Crippen LogP contribution in [0.15, 0.2) is 4.99 Å². The van der Waals surface area contributed by atoms with E-state index in [1.165, 1.54) is 0 Å². The van der Waals surface area contributed by atoms with Crippen LogP contribution in [0, 0.1) is 0 Å². The lowest BCUT2D eigenvalue weighted by Crippen LogP contribution is -2.43. The standard InChI is InChI=1S/C18H36N4O3/c1-6-9-14(22-17(23)25-18(3,4)5)12-20-16(19-7-2)21-13-15-10-8-11-24-15/h14-15H,6-13H2,1-5H3,(H,22,23)(H2,19,20,21). The highest BCUT2D eigenvalue weighted by Crippen LogP contribution is 2.10. The predicted molar refractivity (Wildman–Crippen MR) is 101 cm³/mol. The summed E-state index contributed by atoms with van der Waals surface area (Å²) in [5.41, 5.74) is -0.498. The Kier molecular flexibility index (Phi) is 9.63. The van der Waals surface area contributed by atoms with E-state index in [2.05, 4.69) is 27.9 Å². The fraction of sp³-hybridized carbons (Fsp3) is 0.889. The van der Waals surface area contributed by atoms with Gasteiger partial charge in [0, 0.05) is 19.7 Å². The van der Waals surface area contributed by atoms with E-state index in [1.54, 1.807) is 0 Å². The number of carbonyl (C=O) groups excluding carboxylic acids is 1. The molecule has 1 saturated heterocycles. The summed E-state index contributed by atoms with van der Waals surface area (Å²) in [6.45, 7) is 12.6. The van der Waals surface area contributed by atoms with Gasteiger partial charge in [0.05, 0.1) is 18.7 Å². The summed E-state index contributed by atoms with van der Waals surface area (Å²) < 4.78 is 11.0. The first-order valence-electron chi connectivity index (χ1n) is 9.47. The van der Waals surface area contributed by atoms with Crippen LogP contribution in [-0.4, -0.2) is 56.0 Å². The van der Waals surface area contributed by atoms with Gasteiger partial charge in [-0.1, -0.05) is 13.3 Å². The van der Waals surface area contributed by atoms with Crippen molar-refractivity contribution in [1.29, 1.82) is 0 Å². The molecule has 2 atom stereocenters. The highest BCUT2D eigenvalue weighted by atomic mass is 16.6. The van der Waals surface area contributed by atoms with Crippen molar-refractivity contribution in [2.75, 3.05) is 26.2 Å². The van der Waals surface area contributed by atoms with Crippen molar-refractivity contribution in [3.63, 3.8) is 0 Å². The fourth-order valence-electron chi connectivity index (χ4n) is 2.59. The number of nitrogens with one attached hydrogen (secondary N) is 3. The molecule has 0 aromatic heterocycles. The van der Waals surface area contributed by atoms with Crippen LogP contribution in [0.5, 0.6) is 0 Å². The molecule has 0 spiro atoms. The summed E-state index contributed by atoms with van der Waals surface area (Å²) >= 11 is 0. The fourth-order valence-corrected chi connectivity index (χ4v) is 2.59. The van der Waals surface area contributed by atoms with Crippen molar-refractivity contribution in [3.05, 3.63) is 0 Å². The molecule has 25 heavy (non-hydrogen) atoms. The molecule has 7 heteroatoms. The van der Waals surface area contributed by atoms with Gasteiger partial charge in [0.1, 0.15) is 5.60 Å². The number of alkyl carbamates (subject to hydrolysis) is 1. The van der Waals surface area contributed by atoms with Crippen molar-refractivity contribution < 1.29 is 14.3 Å². The van der Waals surface area contributed by atoms with Gasteiger partial charge in [0.15, 0.2) is 5.96 Å². The van der Waals surface area contributed by atoms with E-state index in [0.29, 0.717) is 6.54 Å². The van der Waals surface area contributed by atoms with Crippen LogP contribution >= 0.6 is 0 Å². The summed E-state index contributed by atoms with van der Waals surface area (Å²) in [7, 11) is 0. The average molecular weight is 357 g/mol. The molecular formula is C18H36N4O3. The van der Waals surface area contributed by atoms with Crippen molar-refractivity contribution in [3.8, 4) is 0 Å². The second kappa shape index (κ2) is 11.2. The molecule has 0 aromatic rings. The van der Waals surface area contributed by atoms with E-state index in [1.807, 2.05) is 27.7 Å². The highest BCUT2D eigenvalue weighted by Gasteiger charge is 2.19. The maximum Gasteiger partial charge on any atom is 0.407 e. The molecule has 1 aliphatic heterocycles. The molecule has 0 aliphatic carbocycles. The summed E-state index contributed by atoms with van der Waals surface area (Å²) in [6.07, 6.45) is 3.90. The molecule has 0 bridgehead atoms. The number of amides is 1. The third-order valence-electron chi connectivity index (χ3n) is 3.69. The third-order valence-corrected chi connectivity index (χ3v) is 3.69. The minimum Gasteiger partial charge on any atom is -0.444 e. The lowest BCUT2D eigenvalue weighted by molar-refractivity contribution is 0.0503. The van der Waals surface area contributed by atoms with Crippen LogP contribution < -0.4 is 16.0 Å². The third kappa shape index (κ3) is 10.2. The summed E-state index contributed by atoms with van der Waals surface area (Å²) in [5.74, 6) is 0.755. The smallest absolute Gasteiger partial charge is 0.407 e. The average Bonchev–Trinajstić information content (AvgIpc) is 3.01. The highest BCUT2D eigenvalue weighted by molar-refractivity contribution is 5.79. The number of hydrogen-bond acceptors (Lipinski definition) is 4. The van der Waals surface area contributed by atoms with Crippen LogP contribution in [0.4, 0.5) is 4.79 Å². The van der Waals surface area contributed by atoms with Gasteiger partial charge in [0.2, 0.25) is 0 Å². The molecular weight excluding hydrogens is 320 g/mol. The first-order valence-corrected chi connectivity index (χ1v) is 9.47. The lowest BCUT2D eigenvalue weighted by atomic mass is 10.1. The van der Waals surface area contributed by atoms with Gasteiger partial charge < -0.3 is 25.4 Å². The number of hydrogen-bond donors (Lipinski definition) is 3. The van der Waals surface area contributed by atoms with Gasteiger partial charge in [-0.3, -0.25) is 4.99 Å². The summed E-state index contributed by atoms with van der Waals surface area (Å²) in [5, 5.41) is 9.48. The van der Waals surface area contributed by atoms with E-state index >= 15 is 0 Å². The van der Waals surface area contributed by atoms with Gasteiger partial charge in [0.25, 0.3) is 0 Å². The second-order valence-electron chi connectivity index (χ2n) is 7.37. The maximum absolute atomic E-state index is 12.0. The Morgan fingerprint density at radius 1 is 1.32 bits per heavy atom. The minimum atomic E-state index is -0.498. The Hall–Kier alpha value is -1.50. The molecule has 1 rings (SSSR count). The molecule has 7 nitrogen and oxygen atoms in total. The molecule has 3 N–H and O–H groups in total.